The average molecular weight is 255 g/mol. The zero-order chi connectivity index (χ0) is 12.8. The number of aliphatic hydroxyl groups excluding tert-OH is 1. The monoisotopic (exact) mass is 255 g/mol. The number of likely N-dealkylation sites (N-methyl/N-ethyl adjacent to an activating group) is 1. The quantitative estimate of drug-likeness (QED) is 0.840. The molecule has 1 unspecified atom stereocenters. The summed E-state index contributed by atoms with van der Waals surface area (Å²) < 4.78 is 11.2. The molecule has 0 aromatic heterocycles. The van der Waals surface area contributed by atoms with Crippen molar-refractivity contribution < 1.29 is 9.32 Å². The van der Waals surface area contributed by atoms with Crippen LogP contribution in [0.3, 0.4) is 0 Å². The maximum atomic E-state index is 11.2. The van der Waals surface area contributed by atoms with E-state index in [4.69, 9.17) is 0 Å². The van der Waals surface area contributed by atoms with Crippen molar-refractivity contribution in [2.45, 2.75) is 30.9 Å². The molecule has 0 aliphatic heterocycles. The van der Waals surface area contributed by atoms with Crippen LogP contribution in [0.2, 0.25) is 0 Å². The predicted octanol–water partition coefficient (Wildman–Crippen LogP) is 1.63. The van der Waals surface area contributed by atoms with Gasteiger partial charge in [-0.3, -0.25) is 9.11 Å². The molecule has 0 spiro atoms. The smallest absolute Gasteiger partial charge is 0.0664 e. The van der Waals surface area contributed by atoms with E-state index in [1.54, 1.807) is 6.26 Å². The molecule has 0 amide bonds. The Kier molecular flexibility index (Phi) is 5.82. The van der Waals surface area contributed by atoms with Crippen molar-refractivity contribution in [1.82, 2.24) is 4.90 Å². The van der Waals surface area contributed by atoms with Crippen LogP contribution in [-0.4, -0.2) is 40.2 Å². The fraction of sp³-hybridized carbons (Fsp3) is 0.538. The molecular weight excluding hydrogens is 234 g/mol. The van der Waals surface area contributed by atoms with Crippen LogP contribution in [0.4, 0.5) is 0 Å². The molecule has 0 bridgehead atoms. The minimum atomic E-state index is -0.914. The highest BCUT2D eigenvalue weighted by Crippen LogP contribution is 2.09. The van der Waals surface area contributed by atoms with Crippen LogP contribution in [0.25, 0.3) is 0 Å². The molecule has 17 heavy (non-hydrogen) atoms. The van der Waals surface area contributed by atoms with Crippen molar-refractivity contribution in [3.63, 3.8) is 0 Å². The van der Waals surface area contributed by atoms with Gasteiger partial charge in [0.05, 0.1) is 6.10 Å². The van der Waals surface area contributed by atoms with Crippen LogP contribution >= 0.6 is 0 Å². The number of benzene rings is 1. The lowest BCUT2D eigenvalue weighted by Crippen LogP contribution is -2.28. The van der Waals surface area contributed by atoms with E-state index in [0.717, 1.165) is 17.9 Å². The van der Waals surface area contributed by atoms with Crippen molar-refractivity contribution in [1.29, 1.82) is 0 Å². The topological polar surface area (TPSA) is 40.5 Å². The zero-order valence-electron chi connectivity index (χ0n) is 10.7. The van der Waals surface area contributed by atoms with Gasteiger partial charge in [-0.25, -0.2) is 0 Å². The van der Waals surface area contributed by atoms with Crippen LogP contribution in [-0.2, 0) is 17.3 Å². The van der Waals surface area contributed by atoms with Gasteiger partial charge in [0.25, 0.3) is 0 Å². The molecule has 0 aliphatic rings. The van der Waals surface area contributed by atoms with Crippen molar-refractivity contribution in [2.75, 3.05) is 19.8 Å². The third-order valence-electron chi connectivity index (χ3n) is 2.70. The van der Waals surface area contributed by atoms with Crippen molar-refractivity contribution in [3.05, 3.63) is 29.8 Å². The van der Waals surface area contributed by atoms with Gasteiger partial charge in [-0.1, -0.05) is 19.1 Å². The molecule has 0 aliphatic carbocycles. The Morgan fingerprint density at radius 2 is 1.94 bits per heavy atom. The van der Waals surface area contributed by atoms with Gasteiger partial charge in [0.15, 0.2) is 0 Å². The van der Waals surface area contributed by atoms with Crippen molar-refractivity contribution in [3.8, 4) is 0 Å². The lowest BCUT2D eigenvalue weighted by Gasteiger charge is -2.19. The summed E-state index contributed by atoms with van der Waals surface area (Å²) in [6.07, 6.45) is 2.19. The van der Waals surface area contributed by atoms with E-state index in [1.165, 1.54) is 5.56 Å². The standard InChI is InChI=1S/C13H21NO2S/c1-4-12(15)10-14(2)9-11-5-7-13(8-6-11)17(3)16/h5-8,12,15H,4,9-10H2,1-3H3/t12-,17?/m1/s1. The Hall–Kier alpha value is -0.710. The van der Waals surface area contributed by atoms with Gasteiger partial charge in [0.1, 0.15) is 0 Å². The summed E-state index contributed by atoms with van der Waals surface area (Å²) in [4.78, 5) is 2.94. The Balaban J connectivity index is 2.54. The minimum Gasteiger partial charge on any atom is -0.392 e. The maximum Gasteiger partial charge on any atom is 0.0664 e. The highest BCUT2D eigenvalue weighted by Gasteiger charge is 2.06. The van der Waals surface area contributed by atoms with Gasteiger partial charge in [-0.05, 0) is 31.2 Å². The number of hydrogen-bond acceptors (Lipinski definition) is 3. The van der Waals surface area contributed by atoms with Gasteiger partial charge in [0.2, 0.25) is 0 Å². The molecule has 0 saturated heterocycles. The summed E-state index contributed by atoms with van der Waals surface area (Å²) >= 11 is 0. The number of rotatable bonds is 6. The van der Waals surface area contributed by atoms with E-state index < -0.39 is 10.8 Å². The van der Waals surface area contributed by atoms with Gasteiger partial charge >= 0.3 is 0 Å². The van der Waals surface area contributed by atoms with Crippen LogP contribution in [0.15, 0.2) is 29.2 Å². The highest BCUT2D eigenvalue weighted by molar-refractivity contribution is 7.84. The molecule has 0 saturated carbocycles. The second-order valence-electron chi connectivity index (χ2n) is 4.36. The summed E-state index contributed by atoms with van der Waals surface area (Å²) in [5.41, 5.74) is 1.17. The summed E-state index contributed by atoms with van der Waals surface area (Å²) in [5.74, 6) is 0. The molecule has 1 aromatic carbocycles. The Morgan fingerprint density at radius 3 is 2.41 bits per heavy atom. The van der Waals surface area contributed by atoms with E-state index in [2.05, 4.69) is 4.90 Å². The SMILES string of the molecule is CC[C@@H](O)CN(C)Cc1ccc(S(C)=O)cc1. The van der Waals surface area contributed by atoms with E-state index in [-0.39, 0.29) is 6.10 Å². The second-order valence-corrected chi connectivity index (χ2v) is 5.74. The third kappa shape index (κ3) is 4.98. The van der Waals surface area contributed by atoms with Crippen LogP contribution in [0.1, 0.15) is 18.9 Å². The van der Waals surface area contributed by atoms with E-state index >= 15 is 0 Å². The molecule has 96 valence electrons. The predicted molar refractivity (Wildman–Crippen MR) is 71.4 cm³/mol. The molecular formula is C13H21NO2S. The molecule has 0 radical (unpaired) electrons. The summed E-state index contributed by atoms with van der Waals surface area (Å²) in [5, 5.41) is 9.54. The number of hydrogen-bond donors (Lipinski definition) is 1. The van der Waals surface area contributed by atoms with Crippen molar-refractivity contribution in [2.24, 2.45) is 0 Å². The van der Waals surface area contributed by atoms with Crippen LogP contribution in [0, 0.1) is 0 Å². The fourth-order valence-electron chi connectivity index (χ4n) is 1.65. The van der Waals surface area contributed by atoms with E-state index in [9.17, 15) is 9.32 Å². The summed E-state index contributed by atoms with van der Waals surface area (Å²) in [7, 11) is 1.08. The molecule has 1 N–H and O–H groups in total. The largest absolute Gasteiger partial charge is 0.392 e. The normalized spacial score (nSPS) is 14.9. The molecule has 2 atom stereocenters. The lowest BCUT2D eigenvalue weighted by molar-refractivity contribution is 0.119. The van der Waals surface area contributed by atoms with Gasteiger partial charge < -0.3 is 5.11 Å². The third-order valence-corrected chi connectivity index (χ3v) is 3.64. The minimum absolute atomic E-state index is 0.262. The highest BCUT2D eigenvalue weighted by atomic mass is 32.2. The zero-order valence-corrected chi connectivity index (χ0v) is 11.5. The first-order valence-electron chi connectivity index (χ1n) is 5.82. The first kappa shape index (κ1) is 14.4. The number of aliphatic hydroxyl groups is 1. The molecule has 0 fully saturated rings. The number of nitrogens with zero attached hydrogens (tertiary/aromatic N) is 1. The lowest BCUT2D eigenvalue weighted by atomic mass is 10.2. The van der Waals surface area contributed by atoms with Gasteiger partial charge in [-0.15, -0.1) is 0 Å². The van der Waals surface area contributed by atoms with Gasteiger partial charge in [-0.2, -0.15) is 0 Å². The van der Waals surface area contributed by atoms with E-state index in [1.807, 2.05) is 38.2 Å². The first-order valence-corrected chi connectivity index (χ1v) is 7.37. The summed E-state index contributed by atoms with van der Waals surface area (Å²) in [6, 6.07) is 7.78. The molecule has 0 heterocycles. The maximum absolute atomic E-state index is 11.2. The molecule has 3 nitrogen and oxygen atoms in total. The Morgan fingerprint density at radius 1 is 1.35 bits per heavy atom. The molecule has 4 heteroatoms. The summed E-state index contributed by atoms with van der Waals surface area (Å²) in [6.45, 7) is 3.45. The fourth-order valence-corrected chi connectivity index (χ4v) is 2.17. The molecule has 1 rings (SSSR count). The van der Waals surface area contributed by atoms with Crippen LogP contribution < -0.4 is 0 Å². The average Bonchev–Trinajstić information content (AvgIpc) is 2.29. The second kappa shape index (κ2) is 6.89. The van der Waals surface area contributed by atoms with Gasteiger partial charge in [0, 0.05) is 35.0 Å². The van der Waals surface area contributed by atoms with Crippen LogP contribution in [0.5, 0.6) is 0 Å². The first-order chi connectivity index (χ1) is 8.02. The Labute approximate surface area is 106 Å². The van der Waals surface area contributed by atoms with Crippen molar-refractivity contribution >= 4 is 10.8 Å². The van der Waals surface area contributed by atoms with E-state index in [0.29, 0.717) is 6.54 Å². The molecule has 1 aromatic rings. The Bertz CT molecular complexity index is 364.